The van der Waals surface area contributed by atoms with Crippen LogP contribution in [0.15, 0.2) is 91.0 Å². The quantitative estimate of drug-likeness (QED) is 0.396. The first kappa shape index (κ1) is 16.2. The van der Waals surface area contributed by atoms with E-state index >= 15 is 0 Å². The van der Waals surface area contributed by atoms with Crippen molar-refractivity contribution in [2.75, 3.05) is 6.61 Å². The first-order chi connectivity index (χ1) is 11.9. The van der Waals surface area contributed by atoms with Crippen LogP contribution in [0.1, 0.15) is 6.42 Å². The molecule has 0 atom stereocenters. The van der Waals surface area contributed by atoms with Gasteiger partial charge in [-0.15, -0.1) is 0 Å². The van der Waals surface area contributed by atoms with Gasteiger partial charge in [-0.2, -0.15) is 5.26 Å². The van der Waals surface area contributed by atoms with Gasteiger partial charge in [0.25, 0.3) is 8.32 Å². The minimum atomic E-state index is -2.61. The van der Waals surface area contributed by atoms with Crippen LogP contribution in [0.5, 0.6) is 0 Å². The summed E-state index contributed by atoms with van der Waals surface area (Å²) in [6, 6.07) is 33.4. The van der Waals surface area contributed by atoms with Crippen molar-refractivity contribution >= 4 is 23.9 Å². The number of nitriles is 1. The molecule has 3 heteroatoms. The van der Waals surface area contributed by atoms with E-state index in [1.54, 1.807) is 0 Å². The van der Waals surface area contributed by atoms with Crippen LogP contribution in [0.4, 0.5) is 0 Å². The molecule has 0 fully saturated rings. The first-order valence-corrected chi connectivity index (χ1v) is 9.96. The third kappa shape index (κ3) is 3.16. The summed E-state index contributed by atoms with van der Waals surface area (Å²) in [4.78, 5) is 0. The fraction of sp³-hybridized carbons (Fsp3) is 0.0952. The van der Waals surface area contributed by atoms with Crippen LogP contribution in [-0.4, -0.2) is 14.9 Å². The van der Waals surface area contributed by atoms with Crippen LogP contribution >= 0.6 is 0 Å². The summed E-state index contributed by atoms with van der Waals surface area (Å²) >= 11 is 0. The highest BCUT2D eigenvalue weighted by atomic mass is 28.4. The van der Waals surface area contributed by atoms with Gasteiger partial charge < -0.3 is 4.43 Å². The zero-order chi connectivity index (χ0) is 16.7. The summed E-state index contributed by atoms with van der Waals surface area (Å²) in [6.45, 7) is 0.432. The van der Waals surface area contributed by atoms with Gasteiger partial charge in [-0.1, -0.05) is 91.0 Å². The lowest BCUT2D eigenvalue weighted by atomic mass is 10.3. The van der Waals surface area contributed by atoms with Crippen LogP contribution in [0.2, 0.25) is 0 Å². The Hall–Kier alpha value is -2.67. The number of rotatable bonds is 6. The highest BCUT2D eigenvalue weighted by Gasteiger charge is 2.41. The number of nitrogens with zero attached hydrogens (tertiary/aromatic N) is 1. The normalized spacial score (nSPS) is 11.0. The van der Waals surface area contributed by atoms with Gasteiger partial charge in [-0.25, -0.2) is 0 Å². The van der Waals surface area contributed by atoms with Gasteiger partial charge in [0.15, 0.2) is 0 Å². The second-order valence-electron chi connectivity index (χ2n) is 5.54. The fourth-order valence-corrected chi connectivity index (χ4v) is 6.91. The maximum Gasteiger partial charge on any atom is 0.288 e. The minimum absolute atomic E-state index is 0.390. The molecule has 3 rings (SSSR count). The maximum atomic E-state index is 8.96. The molecule has 0 aliphatic rings. The summed E-state index contributed by atoms with van der Waals surface area (Å²) in [6.07, 6.45) is 0.390. The van der Waals surface area contributed by atoms with Crippen molar-refractivity contribution in [1.29, 1.82) is 5.26 Å². The van der Waals surface area contributed by atoms with E-state index in [1.165, 1.54) is 15.6 Å². The molecule has 0 bridgehead atoms. The smallest absolute Gasteiger partial charge is 0.288 e. The van der Waals surface area contributed by atoms with Crippen molar-refractivity contribution in [1.82, 2.24) is 0 Å². The van der Waals surface area contributed by atoms with Gasteiger partial charge in [0.1, 0.15) is 0 Å². The molecule has 0 N–H and O–H groups in total. The Bertz CT molecular complexity index is 701. The largest absolute Gasteiger partial charge is 0.403 e. The van der Waals surface area contributed by atoms with E-state index in [-0.39, 0.29) is 0 Å². The third-order valence-corrected chi connectivity index (χ3v) is 8.15. The molecule has 0 radical (unpaired) electrons. The summed E-state index contributed by atoms with van der Waals surface area (Å²) in [5.74, 6) is 0. The van der Waals surface area contributed by atoms with Crippen LogP contribution in [-0.2, 0) is 4.43 Å². The van der Waals surface area contributed by atoms with E-state index in [0.717, 1.165) is 0 Å². The molecule has 0 spiro atoms. The third-order valence-electron chi connectivity index (χ3n) is 4.07. The van der Waals surface area contributed by atoms with Crippen molar-refractivity contribution in [2.45, 2.75) is 6.42 Å². The highest BCUT2D eigenvalue weighted by Crippen LogP contribution is 2.10. The summed E-state index contributed by atoms with van der Waals surface area (Å²) in [5.41, 5.74) is 0. The Labute approximate surface area is 144 Å². The Kier molecular flexibility index (Phi) is 5.22. The molecule has 0 aromatic heterocycles. The predicted octanol–water partition coefficient (Wildman–Crippen LogP) is 2.58. The van der Waals surface area contributed by atoms with E-state index in [9.17, 15) is 0 Å². The average Bonchev–Trinajstić information content (AvgIpc) is 2.68. The van der Waals surface area contributed by atoms with E-state index in [4.69, 9.17) is 9.69 Å². The number of hydrogen-bond donors (Lipinski definition) is 0. The molecule has 2 nitrogen and oxygen atoms in total. The maximum absolute atomic E-state index is 8.96. The highest BCUT2D eigenvalue weighted by molar-refractivity contribution is 7.07. The lowest BCUT2D eigenvalue weighted by Gasteiger charge is -2.32. The van der Waals surface area contributed by atoms with Crippen LogP contribution in [0.3, 0.4) is 0 Å². The van der Waals surface area contributed by atoms with Gasteiger partial charge in [0.2, 0.25) is 0 Å². The molecular formula is C21H19NOSi. The average molecular weight is 329 g/mol. The standard InChI is InChI=1S/C21H19NOSi/c22-17-10-18-23-24(19-11-4-1-5-12-19,20-13-6-2-7-14-20)21-15-8-3-9-16-21/h1-9,11-16H,10,18H2. The second-order valence-corrected chi connectivity index (χ2v) is 8.92. The Morgan fingerprint density at radius 1 is 0.667 bits per heavy atom. The Morgan fingerprint density at radius 3 is 1.38 bits per heavy atom. The van der Waals surface area contributed by atoms with Crippen molar-refractivity contribution in [3.8, 4) is 6.07 Å². The molecule has 0 saturated heterocycles. The fourth-order valence-electron chi connectivity index (χ4n) is 3.02. The molecule has 24 heavy (non-hydrogen) atoms. The monoisotopic (exact) mass is 329 g/mol. The van der Waals surface area contributed by atoms with Crippen molar-refractivity contribution in [3.05, 3.63) is 91.0 Å². The van der Waals surface area contributed by atoms with E-state index < -0.39 is 8.32 Å². The number of hydrogen-bond acceptors (Lipinski definition) is 2. The van der Waals surface area contributed by atoms with Crippen molar-refractivity contribution < 1.29 is 4.43 Å². The second kappa shape index (κ2) is 7.74. The zero-order valence-electron chi connectivity index (χ0n) is 13.4. The van der Waals surface area contributed by atoms with Gasteiger partial charge in [-0.3, -0.25) is 0 Å². The molecule has 0 heterocycles. The minimum Gasteiger partial charge on any atom is -0.403 e. The van der Waals surface area contributed by atoms with Gasteiger partial charge >= 0.3 is 0 Å². The Balaban J connectivity index is 2.22. The van der Waals surface area contributed by atoms with E-state index in [1.807, 2.05) is 18.2 Å². The summed E-state index contributed by atoms with van der Waals surface area (Å²) in [7, 11) is -2.61. The van der Waals surface area contributed by atoms with Crippen LogP contribution in [0, 0.1) is 11.3 Å². The molecule has 0 aliphatic heterocycles. The lowest BCUT2D eigenvalue weighted by molar-refractivity contribution is 0.333. The SMILES string of the molecule is N#CCCO[Si](c1ccccc1)(c1ccccc1)c1ccccc1. The molecular weight excluding hydrogens is 310 g/mol. The Morgan fingerprint density at radius 2 is 1.04 bits per heavy atom. The van der Waals surface area contributed by atoms with Gasteiger partial charge in [-0.05, 0) is 15.6 Å². The zero-order valence-corrected chi connectivity index (χ0v) is 14.4. The topological polar surface area (TPSA) is 33.0 Å². The molecule has 3 aromatic carbocycles. The lowest BCUT2D eigenvalue weighted by Crippen LogP contribution is -2.69. The first-order valence-electron chi connectivity index (χ1n) is 8.05. The molecule has 0 saturated carbocycles. The van der Waals surface area contributed by atoms with Gasteiger partial charge in [0, 0.05) is 6.61 Å². The molecule has 0 aliphatic carbocycles. The predicted molar refractivity (Wildman–Crippen MR) is 100 cm³/mol. The van der Waals surface area contributed by atoms with Crippen molar-refractivity contribution in [2.24, 2.45) is 0 Å². The van der Waals surface area contributed by atoms with Crippen molar-refractivity contribution in [3.63, 3.8) is 0 Å². The molecule has 118 valence electrons. The summed E-state index contributed by atoms with van der Waals surface area (Å²) < 4.78 is 6.54. The van der Waals surface area contributed by atoms with Crippen LogP contribution in [0.25, 0.3) is 0 Å². The molecule has 0 unspecified atom stereocenters. The van der Waals surface area contributed by atoms with E-state index in [2.05, 4.69) is 78.9 Å². The van der Waals surface area contributed by atoms with Crippen LogP contribution < -0.4 is 15.6 Å². The number of benzene rings is 3. The molecule has 0 amide bonds. The summed E-state index contributed by atoms with van der Waals surface area (Å²) in [5, 5.41) is 12.5. The molecule has 3 aromatic rings. The van der Waals surface area contributed by atoms with E-state index in [0.29, 0.717) is 13.0 Å². The van der Waals surface area contributed by atoms with Gasteiger partial charge in [0.05, 0.1) is 12.5 Å².